The summed E-state index contributed by atoms with van der Waals surface area (Å²) < 4.78 is 0. The molecule has 2 heterocycles. The van der Waals surface area contributed by atoms with Crippen LogP contribution in [0.3, 0.4) is 0 Å². The largest absolute Gasteiger partial charge is 0.347 e. The number of benzene rings is 2. The number of nitrogens with one attached hydrogen (secondary N) is 1. The number of nitrogens with zero attached hydrogens (tertiary/aromatic N) is 4. The molecule has 1 aliphatic rings. The number of anilines is 2. The molecule has 1 atom stereocenters. The van der Waals surface area contributed by atoms with Crippen molar-refractivity contribution in [2.24, 2.45) is 0 Å². The lowest BCUT2D eigenvalue weighted by molar-refractivity contribution is -0.384. The van der Waals surface area contributed by atoms with E-state index in [1.165, 1.54) is 6.07 Å². The van der Waals surface area contributed by atoms with Crippen molar-refractivity contribution in [3.63, 3.8) is 0 Å². The number of amides is 1. The van der Waals surface area contributed by atoms with Crippen molar-refractivity contribution in [1.29, 1.82) is 0 Å². The Labute approximate surface area is 190 Å². The molecule has 0 spiro atoms. The van der Waals surface area contributed by atoms with Gasteiger partial charge in [0, 0.05) is 43.8 Å². The second kappa shape index (κ2) is 9.88. The van der Waals surface area contributed by atoms with Crippen LogP contribution in [0, 0.1) is 17.0 Å². The number of nitro groups is 1. The van der Waals surface area contributed by atoms with Crippen LogP contribution in [-0.2, 0) is 4.79 Å². The first kappa shape index (κ1) is 21.9. The van der Waals surface area contributed by atoms with Gasteiger partial charge in [-0.3, -0.25) is 19.8 Å². The van der Waals surface area contributed by atoms with Crippen LogP contribution in [0.25, 0.3) is 0 Å². The van der Waals surface area contributed by atoms with Gasteiger partial charge in [0.1, 0.15) is 11.7 Å². The third kappa shape index (κ3) is 4.95. The van der Waals surface area contributed by atoms with Gasteiger partial charge in [0.15, 0.2) is 5.13 Å². The van der Waals surface area contributed by atoms with Gasteiger partial charge in [0.05, 0.1) is 4.92 Å². The summed E-state index contributed by atoms with van der Waals surface area (Å²) in [5.41, 5.74) is 1.74. The molecule has 166 valence electrons. The average molecular weight is 452 g/mol. The third-order valence-electron chi connectivity index (χ3n) is 5.56. The van der Waals surface area contributed by atoms with Gasteiger partial charge in [-0.05, 0) is 30.5 Å². The summed E-state index contributed by atoms with van der Waals surface area (Å²) in [4.78, 5) is 33.4. The summed E-state index contributed by atoms with van der Waals surface area (Å²) in [6.07, 6.45) is 2.69. The molecule has 1 saturated heterocycles. The number of carbonyl (C=O) groups excluding carboxylic acids is 1. The van der Waals surface area contributed by atoms with Crippen LogP contribution in [0.2, 0.25) is 0 Å². The van der Waals surface area contributed by atoms with E-state index in [2.05, 4.69) is 20.1 Å². The molecular formula is C23H25N5O3S. The fourth-order valence-electron chi connectivity index (χ4n) is 4.02. The Kier molecular flexibility index (Phi) is 6.77. The molecule has 0 radical (unpaired) electrons. The van der Waals surface area contributed by atoms with Gasteiger partial charge in [-0.2, -0.15) is 0 Å². The molecule has 1 fully saturated rings. The van der Waals surface area contributed by atoms with Crippen molar-refractivity contribution in [2.45, 2.75) is 19.4 Å². The Morgan fingerprint density at radius 1 is 1.16 bits per heavy atom. The van der Waals surface area contributed by atoms with E-state index in [9.17, 15) is 14.9 Å². The van der Waals surface area contributed by atoms with Crippen LogP contribution in [-0.4, -0.2) is 46.9 Å². The molecule has 32 heavy (non-hydrogen) atoms. The van der Waals surface area contributed by atoms with Crippen molar-refractivity contribution in [3.05, 3.63) is 81.3 Å². The van der Waals surface area contributed by atoms with E-state index in [0.717, 1.165) is 42.3 Å². The summed E-state index contributed by atoms with van der Waals surface area (Å²) in [5.74, 6) is -0.272. The molecule has 4 rings (SSSR count). The maximum atomic E-state index is 13.5. The molecule has 9 heteroatoms. The summed E-state index contributed by atoms with van der Waals surface area (Å²) in [7, 11) is 0. The highest BCUT2D eigenvalue weighted by atomic mass is 32.1. The van der Waals surface area contributed by atoms with Crippen LogP contribution in [0.5, 0.6) is 0 Å². The third-order valence-corrected chi connectivity index (χ3v) is 6.39. The highest BCUT2D eigenvalue weighted by Gasteiger charge is 2.31. The topological polar surface area (TPSA) is 91.6 Å². The van der Waals surface area contributed by atoms with Gasteiger partial charge in [-0.15, -0.1) is 11.3 Å². The molecule has 2 aromatic carbocycles. The highest BCUT2D eigenvalue weighted by Crippen LogP contribution is 2.29. The summed E-state index contributed by atoms with van der Waals surface area (Å²) in [5, 5.41) is 17.3. The summed E-state index contributed by atoms with van der Waals surface area (Å²) in [6.45, 7) is 4.84. The lowest BCUT2D eigenvalue weighted by atomic mass is 10.0. The van der Waals surface area contributed by atoms with E-state index >= 15 is 0 Å². The zero-order chi connectivity index (χ0) is 22.5. The highest BCUT2D eigenvalue weighted by molar-refractivity contribution is 7.13. The average Bonchev–Trinajstić information content (AvgIpc) is 3.22. The standard InChI is InChI=1S/C23H25N5O3S/c1-17-8-9-19(20(16-17)28(30)31)25-22(29)21(18-6-3-2-4-7-18)26-11-5-12-27(14-13-26)23-24-10-15-32-23/h2-4,6-10,15-16,21H,5,11-14H2,1H3,(H,25,29). The number of thiazole rings is 1. The molecule has 8 nitrogen and oxygen atoms in total. The zero-order valence-corrected chi connectivity index (χ0v) is 18.6. The Morgan fingerprint density at radius 2 is 1.97 bits per heavy atom. The fourth-order valence-corrected chi connectivity index (χ4v) is 4.72. The van der Waals surface area contributed by atoms with Crippen LogP contribution in [0.15, 0.2) is 60.1 Å². The van der Waals surface area contributed by atoms with Gasteiger partial charge >= 0.3 is 0 Å². The number of carbonyl (C=O) groups is 1. The number of nitro benzene ring substituents is 1. The fraction of sp³-hybridized carbons (Fsp3) is 0.304. The van der Waals surface area contributed by atoms with Crippen molar-refractivity contribution in [2.75, 3.05) is 36.4 Å². The molecule has 1 N–H and O–H groups in total. The maximum absolute atomic E-state index is 13.5. The first-order valence-corrected chi connectivity index (χ1v) is 11.4. The minimum Gasteiger partial charge on any atom is -0.347 e. The monoisotopic (exact) mass is 451 g/mol. The predicted molar refractivity (Wildman–Crippen MR) is 126 cm³/mol. The Hall–Kier alpha value is -3.30. The Morgan fingerprint density at radius 3 is 2.69 bits per heavy atom. The van der Waals surface area contributed by atoms with E-state index in [1.807, 2.05) is 35.7 Å². The summed E-state index contributed by atoms with van der Waals surface area (Å²) in [6, 6.07) is 13.9. The van der Waals surface area contributed by atoms with E-state index < -0.39 is 11.0 Å². The quantitative estimate of drug-likeness (QED) is 0.445. The van der Waals surface area contributed by atoms with Crippen LogP contribution >= 0.6 is 11.3 Å². The molecular weight excluding hydrogens is 426 g/mol. The predicted octanol–water partition coefficient (Wildman–Crippen LogP) is 4.25. The zero-order valence-electron chi connectivity index (χ0n) is 17.8. The summed E-state index contributed by atoms with van der Waals surface area (Å²) >= 11 is 1.61. The van der Waals surface area contributed by atoms with Crippen molar-refractivity contribution >= 4 is 33.8 Å². The maximum Gasteiger partial charge on any atom is 0.293 e. The SMILES string of the molecule is Cc1ccc(NC(=O)C(c2ccccc2)N2CCCN(c3nccs3)CC2)c([N+](=O)[O-])c1. The number of hydrogen-bond donors (Lipinski definition) is 1. The minimum atomic E-state index is -0.548. The van der Waals surface area contributed by atoms with Gasteiger partial charge < -0.3 is 10.2 Å². The molecule has 1 amide bonds. The first-order valence-electron chi connectivity index (χ1n) is 10.5. The Balaban J connectivity index is 1.59. The number of hydrogen-bond acceptors (Lipinski definition) is 7. The van der Waals surface area contributed by atoms with Crippen LogP contribution in [0.4, 0.5) is 16.5 Å². The van der Waals surface area contributed by atoms with Crippen molar-refractivity contribution in [3.8, 4) is 0 Å². The Bertz CT molecular complexity index is 1070. The second-order valence-corrected chi connectivity index (χ2v) is 8.64. The van der Waals surface area contributed by atoms with Crippen molar-refractivity contribution in [1.82, 2.24) is 9.88 Å². The molecule has 3 aromatic rings. The van der Waals surface area contributed by atoms with E-state index in [4.69, 9.17) is 0 Å². The number of aryl methyl sites for hydroxylation is 1. The molecule has 0 bridgehead atoms. The first-order chi connectivity index (χ1) is 15.5. The van der Waals surface area contributed by atoms with Gasteiger partial charge in [-0.1, -0.05) is 36.4 Å². The van der Waals surface area contributed by atoms with Gasteiger partial charge in [-0.25, -0.2) is 4.98 Å². The normalized spacial score (nSPS) is 15.7. The van der Waals surface area contributed by atoms with Gasteiger partial charge in [0.2, 0.25) is 5.91 Å². The molecule has 1 aromatic heterocycles. The molecule has 1 unspecified atom stereocenters. The minimum absolute atomic E-state index is 0.101. The van der Waals surface area contributed by atoms with E-state index in [-0.39, 0.29) is 17.3 Å². The smallest absolute Gasteiger partial charge is 0.293 e. The molecule has 0 aliphatic carbocycles. The lowest BCUT2D eigenvalue weighted by Gasteiger charge is -2.30. The van der Waals surface area contributed by atoms with E-state index in [0.29, 0.717) is 6.54 Å². The van der Waals surface area contributed by atoms with Gasteiger partial charge in [0.25, 0.3) is 5.69 Å². The number of aromatic nitrogens is 1. The lowest BCUT2D eigenvalue weighted by Crippen LogP contribution is -2.39. The second-order valence-electron chi connectivity index (χ2n) is 7.77. The van der Waals surface area contributed by atoms with E-state index in [1.54, 1.807) is 36.6 Å². The van der Waals surface area contributed by atoms with Crippen LogP contribution in [0.1, 0.15) is 23.6 Å². The van der Waals surface area contributed by atoms with Crippen molar-refractivity contribution < 1.29 is 9.72 Å². The number of rotatable bonds is 6. The molecule has 0 saturated carbocycles. The molecule has 1 aliphatic heterocycles. The van der Waals surface area contributed by atoms with Crippen LogP contribution < -0.4 is 10.2 Å².